The molecule has 4 aromatic rings. The molecule has 0 aliphatic heterocycles. The number of hydrogen-bond acceptors (Lipinski definition) is 7. The Labute approximate surface area is 198 Å². The molecule has 0 saturated carbocycles. The largest absolute Gasteiger partial charge is 0.497 e. The van der Waals surface area contributed by atoms with Gasteiger partial charge in [-0.3, -0.25) is 4.79 Å². The number of alkyl halides is 6. The number of rotatable bonds is 6. The van der Waals surface area contributed by atoms with E-state index in [2.05, 4.69) is 19.4 Å². The molecule has 0 spiro atoms. The van der Waals surface area contributed by atoms with Gasteiger partial charge in [0.1, 0.15) is 34.0 Å². The maximum Gasteiger partial charge on any atom is 0.422 e. The zero-order valence-electron chi connectivity index (χ0n) is 18.3. The minimum atomic E-state index is -5.21. The number of carbonyl (C=O) groups excluding carboxylic acids is 1. The normalized spacial score (nSPS) is 12.0. The van der Waals surface area contributed by atoms with Crippen LogP contribution in [-0.4, -0.2) is 30.3 Å². The van der Waals surface area contributed by atoms with Crippen LogP contribution in [0, 0.1) is 0 Å². The maximum atomic E-state index is 14.0. The molecule has 2 aromatic carbocycles. The van der Waals surface area contributed by atoms with Crippen molar-refractivity contribution in [1.29, 1.82) is 0 Å². The van der Waals surface area contributed by atoms with Gasteiger partial charge in [-0.2, -0.15) is 26.3 Å². The number of benzene rings is 2. The van der Waals surface area contributed by atoms with E-state index < -0.39 is 52.2 Å². The van der Waals surface area contributed by atoms with E-state index in [1.54, 1.807) is 0 Å². The van der Waals surface area contributed by atoms with Crippen LogP contribution in [0.15, 0.2) is 57.6 Å². The number of ether oxygens (including phenoxy) is 2. The predicted molar refractivity (Wildman–Crippen MR) is 110 cm³/mol. The molecule has 0 aliphatic rings. The van der Waals surface area contributed by atoms with Gasteiger partial charge in [-0.1, -0.05) is 10.3 Å². The number of ketones is 1. The first-order chi connectivity index (χ1) is 17.0. The second kappa shape index (κ2) is 9.06. The van der Waals surface area contributed by atoms with E-state index in [1.807, 2.05) is 0 Å². The van der Waals surface area contributed by atoms with E-state index >= 15 is 0 Å². The fraction of sp³-hybridized carbons (Fsp3) is 0.174. The maximum absolute atomic E-state index is 14.0. The Morgan fingerprint density at radius 1 is 0.667 bits per heavy atom. The predicted octanol–water partition coefficient (Wildman–Crippen LogP) is 6.28. The van der Waals surface area contributed by atoms with Gasteiger partial charge in [0, 0.05) is 11.1 Å². The van der Waals surface area contributed by atoms with Crippen LogP contribution in [0.4, 0.5) is 26.3 Å². The topological polar surface area (TPSA) is 87.6 Å². The van der Waals surface area contributed by atoms with E-state index in [1.165, 1.54) is 62.8 Å². The van der Waals surface area contributed by atoms with Crippen LogP contribution in [0.2, 0.25) is 0 Å². The Morgan fingerprint density at radius 3 is 1.28 bits per heavy atom. The number of nitrogens with zero attached hydrogens (tertiary/aromatic N) is 2. The van der Waals surface area contributed by atoms with Crippen molar-refractivity contribution < 1.29 is 49.7 Å². The van der Waals surface area contributed by atoms with Gasteiger partial charge in [0.2, 0.25) is 11.5 Å². The lowest BCUT2D eigenvalue weighted by atomic mass is 9.99. The van der Waals surface area contributed by atoms with Gasteiger partial charge in [-0.05, 0) is 48.5 Å². The summed E-state index contributed by atoms with van der Waals surface area (Å²) in [5.41, 5.74) is -5.13. The molecule has 4 rings (SSSR count). The first-order valence-corrected chi connectivity index (χ1v) is 9.93. The van der Waals surface area contributed by atoms with Gasteiger partial charge in [0.05, 0.1) is 14.2 Å². The number of halogens is 6. The number of aromatic nitrogens is 2. The van der Waals surface area contributed by atoms with Crippen molar-refractivity contribution in [1.82, 2.24) is 10.3 Å². The third-order valence-corrected chi connectivity index (χ3v) is 5.09. The third-order valence-electron chi connectivity index (χ3n) is 5.09. The fourth-order valence-electron chi connectivity index (χ4n) is 3.41. The highest BCUT2D eigenvalue weighted by Gasteiger charge is 2.48. The average molecular weight is 512 g/mol. The van der Waals surface area contributed by atoms with E-state index in [0.717, 1.165) is 0 Å². The monoisotopic (exact) mass is 512 g/mol. The molecule has 0 radical (unpaired) electrons. The molecule has 0 amide bonds. The second-order valence-electron chi connectivity index (χ2n) is 7.25. The molecule has 13 heteroatoms. The molecule has 0 N–H and O–H groups in total. The summed E-state index contributed by atoms with van der Waals surface area (Å²) in [6.45, 7) is 0. The van der Waals surface area contributed by atoms with Crippen LogP contribution >= 0.6 is 0 Å². The Kier molecular flexibility index (Phi) is 6.24. The quantitative estimate of drug-likeness (QED) is 0.222. The van der Waals surface area contributed by atoms with Crippen LogP contribution in [0.25, 0.3) is 22.5 Å². The minimum Gasteiger partial charge on any atom is -0.497 e. The summed E-state index contributed by atoms with van der Waals surface area (Å²) >= 11 is 0. The zero-order valence-corrected chi connectivity index (χ0v) is 18.3. The molecule has 188 valence electrons. The van der Waals surface area contributed by atoms with Gasteiger partial charge in [0.15, 0.2) is 0 Å². The van der Waals surface area contributed by atoms with Gasteiger partial charge in [-0.25, -0.2) is 0 Å². The first-order valence-electron chi connectivity index (χ1n) is 9.93. The van der Waals surface area contributed by atoms with Gasteiger partial charge >= 0.3 is 12.4 Å². The smallest absolute Gasteiger partial charge is 0.422 e. The summed E-state index contributed by atoms with van der Waals surface area (Å²) in [7, 11) is 2.69. The zero-order chi connectivity index (χ0) is 26.3. The molecule has 0 unspecified atom stereocenters. The van der Waals surface area contributed by atoms with E-state index in [4.69, 9.17) is 9.47 Å². The van der Waals surface area contributed by atoms with Crippen molar-refractivity contribution in [3.8, 4) is 34.0 Å². The second-order valence-corrected chi connectivity index (χ2v) is 7.25. The van der Waals surface area contributed by atoms with Crippen molar-refractivity contribution in [2.24, 2.45) is 0 Å². The molecule has 0 atom stereocenters. The van der Waals surface area contributed by atoms with E-state index in [0.29, 0.717) is 11.5 Å². The van der Waals surface area contributed by atoms with Crippen LogP contribution in [0.1, 0.15) is 27.4 Å². The summed E-state index contributed by atoms with van der Waals surface area (Å²) in [6.07, 6.45) is -10.4. The van der Waals surface area contributed by atoms with Crippen molar-refractivity contribution in [2.75, 3.05) is 14.2 Å². The standard InChI is InChI=1S/C23H14F6N2O5/c1-33-13-7-3-11(4-8-13)17-15(22(24,25)26)20(35-30-17)19(32)21-16(23(27,28)29)18(31-36-21)12-5-9-14(34-2)10-6-12/h3-10H,1-2H3. The molecule has 36 heavy (non-hydrogen) atoms. The number of methoxy groups -OCH3 is 2. The molecular weight excluding hydrogens is 498 g/mol. The van der Waals surface area contributed by atoms with Crippen LogP contribution in [-0.2, 0) is 12.4 Å². The highest BCUT2D eigenvalue weighted by Crippen LogP contribution is 2.43. The van der Waals surface area contributed by atoms with Gasteiger partial charge in [0.25, 0.3) is 5.78 Å². The van der Waals surface area contributed by atoms with Crippen LogP contribution < -0.4 is 9.47 Å². The van der Waals surface area contributed by atoms with Crippen LogP contribution in [0.5, 0.6) is 11.5 Å². The molecule has 7 nitrogen and oxygen atoms in total. The average Bonchev–Trinajstić information content (AvgIpc) is 3.49. The van der Waals surface area contributed by atoms with Crippen molar-refractivity contribution in [3.05, 3.63) is 71.2 Å². The summed E-state index contributed by atoms with van der Waals surface area (Å²) in [4.78, 5) is 13.0. The van der Waals surface area contributed by atoms with E-state index in [-0.39, 0.29) is 11.1 Å². The molecule has 0 saturated heterocycles. The lowest BCUT2D eigenvalue weighted by Gasteiger charge is -2.09. The third kappa shape index (κ3) is 4.51. The molecule has 2 aromatic heterocycles. The highest BCUT2D eigenvalue weighted by atomic mass is 19.4. The number of carbonyl (C=O) groups is 1. The summed E-state index contributed by atoms with van der Waals surface area (Å²) in [5, 5.41) is 6.63. The van der Waals surface area contributed by atoms with Crippen molar-refractivity contribution >= 4 is 5.78 Å². The van der Waals surface area contributed by atoms with Crippen LogP contribution in [0.3, 0.4) is 0 Å². The highest BCUT2D eigenvalue weighted by molar-refractivity contribution is 6.08. The van der Waals surface area contributed by atoms with Gasteiger partial charge in [-0.15, -0.1) is 0 Å². The summed E-state index contributed by atoms with van der Waals surface area (Å²) in [6, 6.07) is 10.2. The lowest BCUT2D eigenvalue weighted by molar-refractivity contribution is -0.138. The first kappa shape index (κ1) is 24.8. The van der Waals surface area contributed by atoms with Crippen molar-refractivity contribution in [2.45, 2.75) is 12.4 Å². The number of hydrogen-bond donors (Lipinski definition) is 0. The SMILES string of the molecule is COc1ccc(-c2noc(C(=O)c3onc(-c4ccc(OC)cc4)c3C(F)(F)F)c2C(F)(F)F)cc1. The Morgan fingerprint density at radius 2 is 1.00 bits per heavy atom. The Hall–Kier alpha value is -4.29. The molecule has 0 aliphatic carbocycles. The minimum absolute atomic E-state index is 0.113. The molecule has 2 heterocycles. The van der Waals surface area contributed by atoms with Crippen molar-refractivity contribution in [3.63, 3.8) is 0 Å². The fourth-order valence-corrected chi connectivity index (χ4v) is 3.41. The molecule has 0 fully saturated rings. The Balaban J connectivity index is 1.85. The Bertz CT molecular complexity index is 1280. The van der Waals surface area contributed by atoms with Gasteiger partial charge < -0.3 is 18.5 Å². The summed E-state index contributed by atoms with van der Waals surface area (Å²) < 4.78 is 103. The summed E-state index contributed by atoms with van der Waals surface area (Å²) in [5.74, 6) is -4.12. The lowest BCUT2D eigenvalue weighted by Crippen LogP contribution is -2.16. The van der Waals surface area contributed by atoms with E-state index in [9.17, 15) is 31.1 Å². The molecule has 0 bridgehead atoms. The molecular formula is C23H14F6N2O5.